The zero-order valence-corrected chi connectivity index (χ0v) is 15.4. The quantitative estimate of drug-likeness (QED) is 0.625. The van der Waals surface area contributed by atoms with Gasteiger partial charge in [0.15, 0.2) is 0 Å². The molecule has 0 fully saturated rings. The van der Waals surface area contributed by atoms with Crippen molar-refractivity contribution in [2.24, 2.45) is 0 Å². The number of pyridine rings is 1. The van der Waals surface area contributed by atoms with Crippen LogP contribution in [0, 0.1) is 11.8 Å². The molecule has 0 saturated carbocycles. The van der Waals surface area contributed by atoms with Crippen molar-refractivity contribution in [2.45, 2.75) is 6.18 Å². The van der Waals surface area contributed by atoms with Crippen LogP contribution in [0.25, 0.3) is 5.70 Å². The lowest BCUT2D eigenvalue weighted by Gasteiger charge is -2.29. The van der Waals surface area contributed by atoms with Crippen molar-refractivity contribution in [1.29, 1.82) is 0 Å². The smallest absolute Gasteiger partial charge is 0.384 e. The number of carbonyl (C=O) groups is 1. The lowest BCUT2D eigenvalue weighted by atomic mass is 10.1. The number of nitrogens with two attached hydrogens (primary N) is 1. The summed E-state index contributed by atoms with van der Waals surface area (Å²) in [6.45, 7) is 4.01. The van der Waals surface area contributed by atoms with Crippen molar-refractivity contribution in [3.05, 3.63) is 77.8 Å². The van der Waals surface area contributed by atoms with Crippen LogP contribution in [0.3, 0.4) is 0 Å². The zero-order valence-electron chi connectivity index (χ0n) is 15.4. The van der Waals surface area contributed by atoms with Gasteiger partial charge in [-0.05, 0) is 36.4 Å². The van der Waals surface area contributed by atoms with Gasteiger partial charge >= 0.3 is 6.18 Å². The number of hydrogen-bond acceptors (Lipinski definition) is 4. The Morgan fingerprint density at radius 1 is 1.07 bits per heavy atom. The molecule has 1 aliphatic rings. The molecule has 30 heavy (non-hydrogen) atoms. The third-order valence-electron chi connectivity index (χ3n) is 4.49. The molecule has 2 N–H and O–H groups in total. The third kappa shape index (κ3) is 3.51. The maximum Gasteiger partial charge on any atom is 0.416 e. The molecule has 0 spiro atoms. The lowest BCUT2D eigenvalue weighted by molar-refractivity contribution is -0.137. The van der Waals surface area contributed by atoms with Crippen molar-refractivity contribution < 1.29 is 18.0 Å². The summed E-state index contributed by atoms with van der Waals surface area (Å²) < 4.78 is 39.9. The summed E-state index contributed by atoms with van der Waals surface area (Å²) in [4.78, 5) is 18.4. The van der Waals surface area contributed by atoms with E-state index in [4.69, 9.17) is 5.73 Å². The monoisotopic (exact) mass is 409 g/mol. The molecule has 150 valence electrons. The second-order valence-electron chi connectivity index (χ2n) is 6.54. The number of fused-ring (bicyclic) bond motifs is 1. The summed E-state index contributed by atoms with van der Waals surface area (Å²) in [6, 6.07) is 7.69. The Bertz CT molecular complexity index is 1200. The molecule has 2 aromatic heterocycles. The van der Waals surface area contributed by atoms with Gasteiger partial charge in [0.2, 0.25) is 0 Å². The molecule has 0 saturated heterocycles. The minimum atomic E-state index is -4.45. The predicted octanol–water partition coefficient (Wildman–Crippen LogP) is 3.41. The number of halogens is 3. The number of nitrogens with zero attached hydrogens (tertiary/aromatic N) is 4. The van der Waals surface area contributed by atoms with E-state index in [9.17, 15) is 18.0 Å². The lowest BCUT2D eigenvalue weighted by Crippen LogP contribution is -2.40. The highest BCUT2D eigenvalue weighted by molar-refractivity contribution is 6.09. The maximum absolute atomic E-state index is 13.1. The average molecular weight is 409 g/mol. The number of amides is 1. The highest BCUT2D eigenvalue weighted by atomic mass is 19.4. The molecule has 0 atom stereocenters. The summed E-state index contributed by atoms with van der Waals surface area (Å²) in [5.74, 6) is 5.71. The topological polar surface area (TPSA) is 77.0 Å². The fraction of sp³-hybridized carbons (Fsp3) is 0.0952. The standard InChI is InChI=1S/C21H14F3N5O/c1-13-12-28(17-7-5-16(6-8-17)21(22,23)24)20(30)19-15(11-27-29(13)19)4-2-14-3-9-18(25)26-10-14/h3,5-11H,1,12H2,(H2,25,26). The largest absolute Gasteiger partial charge is 0.416 e. The first-order valence-corrected chi connectivity index (χ1v) is 8.73. The molecule has 1 amide bonds. The van der Waals surface area contributed by atoms with Crippen molar-refractivity contribution in [3.8, 4) is 11.8 Å². The van der Waals surface area contributed by atoms with Crippen LogP contribution in [0.15, 0.2) is 55.4 Å². The molecule has 0 aliphatic carbocycles. The molecule has 3 heterocycles. The van der Waals surface area contributed by atoms with E-state index in [0.29, 0.717) is 28.3 Å². The fourth-order valence-corrected chi connectivity index (χ4v) is 2.99. The SMILES string of the molecule is C=C1CN(c2ccc(C(F)(F)F)cc2)C(=O)c2c(C#Cc3ccc(N)nc3)cnn21. The average Bonchev–Trinajstić information content (AvgIpc) is 3.15. The van der Waals surface area contributed by atoms with E-state index in [2.05, 4.69) is 28.5 Å². The van der Waals surface area contributed by atoms with E-state index in [1.165, 1.54) is 34.1 Å². The molecule has 6 nitrogen and oxygen atoms in total. The number of nitrogen functional groups attached to an aromatic ring is 1. The fourth-order valence-electron chi connectivity index (χ4n) is 2.99. The van der Waals surface area contributed by atoms with E-state index < -0.39 is 17.6 Å². The number of rotatable bonds is 1. The predicted molar refractivity (Wildman–Crippen MR) is 105 cm³/mol. The number of benzene rings is 1. The number of hydrogen-bond donors (Lipinski definition) is 1. The molecule has 0 bridgehead atoms. The molecular weight excluding hydrogens is 395 g/mol. The minimum absolute atomic E-state index is 0.0909. The van der Waals surface area contributed by atoms with Crippen LogP contribution in [0.5, 0.6) is 0 Å². The van der Waals surface area contributed by atoms with E-state index in [-0.39, 0.29) is 12.2 Å². The van der Waals surface area contributed by atoms with Gasteiger partial charge in [0, 0.05) is 17.4 Å². The first-order chi connectivity index (χ1) is 14.2. The molecule has 0 radical (unpaired) electrons. The first-order valence-electron chi connectivity index (χ1n) is 8.73. The Morgan fingerprint density at radius 2 is 1.80 bits per heavy atom. The first kappa shape index (κ1) is 19.3. The van der Waals surface area contributed by atoms with E-state index >= 15 is 0 Å². The highest BCUT2D eigenvalue weighted by Crippen LogP contribution is 2.32. The molecule has 4 rings (SSSR count). The Hall–Kier alpha value is -4.06. The van der Waals surface area contributed by atoms with E-state index in [1.807, 2.05) is 0 Å². The Morgan fingerprint density at radius 3 is 2.43 bits per heavy atom. The minimum Gasteiger partial charge on any atom is -0.384 e. The Labute approximate surface area is 169 Å². The summed E-state index contributed by atoms with van der Waals surface area (Å²) >= 11 is 0. The van der Waals surface area contributed by atoms with Gasteiger partial charge in [-0.15, -0.1) is 0 Å². The van der Waals surface area contributed by atoms with E-state index in [0.717, 1.165) is 12.1 Å². The van der Waals surface area contributed by atoms with Gasteiger partial charge in [0.05, 0.1) is 29.6 Å². The Kier molecular flexibility index (Phi) is 4.54. The molecule has 9 heteroatoms. The van der Waals surface area contributed by atoms with Gasteiger partial charge in [-0.25, -0.2) is 9.67 Å². The second-order valence-corrected chi connectivity index (χ2v) is 6.54. The Balaban J connectivity index is 1.68. The summed E-state index contributed by atoms with van der Waals surface area (Å²) in [6.07, 6.45) is -1.49. The van der Waals surface area contributed by atoms with Crippen LogP contribution >= 0.6 is 0 Å². The second kappa shape index (κ2) is 7.08. The van der Waals surface area contributed by atoms with Crippen molar-refractivity contribution in [1.82, 2.24) is 14.8 Å². The molecule has 1 aliphatic heterocycles. The number of alkyl halides is 3. The number of carbonyl (C=O) groups excluding carboxylic acids is 1. The number of aromatic nitrogens is 3. The summed E-state index contributed by atoms with van der Waals surface area (Å²) in [7, 11) is 0. The van der Waals surface area contributed by atoms with Gasteiger partial charge in [0.1, 0.15) is 11.5 Å². The van der Waals surface area contributed by atoms with Gasteiger partial charge in [0.25, 0.3) is 5.91 Å². The highest BCUT2D eigenvalue weighted by Gasteiger charge is 2.33. The van der Waals surface area contributed by atoms with E-state index in [1.54, 1.807) is 12.1 Å². The molecular formula is C21H14F3N5O. The number of anilines is 2. The normalized spacial score (nSPS) is 13.6. The van der Waals surface area contributed by atoms with Gasteiger partial charge in [-0.2, -0.15) is 18.3 Å². The molecule has 0 unspecified atom stereocenters. The van der Waals surface area contributed by atoms with Gasteiger partial charge < -0.3 is 10.6 Å². The van der Waals surface area contributed by atoms with Crippen molar-refractivity contribution in [2.75, 3.05) is 17.2 Å². The summed E-state index contributed by atoms with van der Waals surface area (Å²) in [5, 5.41) is 4.17. The van der Waals surface area contributed by atoms with Crippen LogP contribution in [0.2, 0.25) is 0 Å². The van der Waals surface area contributed by atoms with Crippen LogP contribution in [0.4, 0.5) is 24.7 Å². The van der Waals surface area contributed by atoms with Crippen molar-refractivity contribution >= 4 is 23.1 Å². The van der Waals surface area contributed by atoms with Crippen LogP contribution in [-0.4, -0.2) is 27.2 Å². The maximum atomic E-state index is 13.1. The van der Waals surface area contributed by atoms with Gasteiger partial charge in [-0.3, -0.25) is 4.79 Å². The van der Waals surface area contributed by atoms with Crippen molar-refractivity contribution in [3.63, 3.8) is 0 Å². The zero-order chi connectivity index (χ0) is 21.5. The van der Waals surface area contributed by atoms with Crippen LogP contribution in [-0.2, 0) is 6.18 Å². The molecule has 1 aromatic carbocycles. The van der Waals surface area contributed by atoms with Gasteiger partial charge in [-0.1, -0.05) is 18.4 Å². The van der Waals surface area contributed by atoms with Crippen LogP contribution in [0.1, 0.15) is 27.2 Å². The van der Waals surface area contributed by atoms with Crippen LogP contribution < -0.4 is 10.6 Å². The summed E-state index contributed by atoms with van der Waals surface area (Å²) in [5.41, 5.74) is 6.75. The molecule has 3 aromatic rings. The third-order valence-corrected chi connectivity index (χ3v) is 4.49.